The molecule has 0 saturated heterocycles. The molecule has 0 saturated carbocycles. The van der Waals surface area contributed by atoms with Crippen LogP contribution in [0.1, 0.15) is 0 Å². The highest BCUT2D eigenvalue weighted by molar-refractivity contribution is 6.37. The highest BCUT2D eigenvalue weighted by Gasteiger charge is 2.02. The van der Waals surface area contributed by atoms with Crippen molar-refractivity contribution in [2.45, 2.75) is 0 Å². The summed E-state index contributed by atoms with van der Waals surface area (Å²) in [6, 6.07) is 0. The largest absolute Gasteiger partial charge is 0.363 e. The second kappa shape index (κ2) is 4.51. The summed E-state index contributed by atoms with van der Waals surface area (Å²) in [5.74, 6) is -0.402. The van der Waals surface area contributed by atoms with Gasteiger partial charge in [-0.3, -0.25) is 4.79 Å². The van der Waals surface area contributed by atoms with Gasteiger partial charge in [0.15, 0.2) is 5.84 Å². The Hall–Kier alpha value is -1.29. The van der Waals surface area contributed by atoms with Gasteiger partial charge in [0.2, 0.25) is 0 Å². The second-order valence-electron chi connectivity index (χ2n) is 1.69. The van der Waals surface area contributed by atoms with Crippen molar-refractivity contribution in [3.8, 4) is 0 Å². The van der Waals surface area contributed by atoms with E-state index >= 15 is 0 Å². The zero-order chi connectivity index (χ0) is 7.40. The van der Waals surface area contributed by atoms with Crippen LogP contribution >= 0.6 is 12.4 Å². The van der Waals surface area contributed by atoms with Crippen LogP contribution < -0.4 is 11.1 Å². The maximum absolute atomic E-state index is 10.5. The number of allylic oxidation sites excluding steroid dienone is 2. The Morgan fingerprint density at radius 3 is 2.91 bits per heavy atom. The average molecular weight is 174 g/mol. The van der Waals surface area contributed by atoms with Crippen LogP contribution in [-0.2, 0) is 4.79 Å². The van der Waals surface area contributed by atoms with Crippen LogP contribution in [0.2, 0.25) is 0 Å². The zero-order valence-corrected chi connectivity index (χ0v) is 6.47. The predicted molar refractivity (Wildman–Crippen MR) is 45.3 cm³/mol. The molecule has 5 heteroatoms. The standard InChI is InChI=1S/C6H7N3O.ClH/c7-5(10)6-8-3-1-2-4-9-6;/h1-4H,(H2,7,10)(H,8,9);1H. The molecule has 11 heavy (non-hydrogen) atoms. The van der Waals surface area contributed by atoms with E-state index in [1.165, 1.54) is 6.20 Å². The number of carbonyl (C=O) groups excluding carboxylic acids is 1. The molecule has 0 aliphatic carbocycles. The molecule has 0 aromatic heterocycles. The number of carbonyl (C=O) groups is 1. The predicted octanol–water partition coefficient (Wildman–Crippen LogP) is -0.0774. The first kappa shape index (κ1) is 9.71. The van der Waals surface area contributed by atoms with Gasteiger partial charge < -0.3 is 11.1 Å². The van der Waals surface area contributed by atoms with Crippen LogP contribution in [0.4, 0.5) is 0 Å². The first-order valence-electron chi connectivity index (χ1n) is 2.76. The zero-order valence-electron chi connectivity index (χ0n) is 5.65. The van der Waals surface area contributed by atoms with Crippen LogP contribution in [0.3, 0.4) is 0 Å². The van der Waals surface area contributed by atoms with E-state index in [-0.39, 0.29) is 18.2 Å². The summed E-state index contributed by atoms with van der Waals surface area (Å²) in [4.78, 5) is 14.2. The maximum atomic E-state index is 10.5. The van der Waals surface area contributed by atoms with Crippen molar-refractivity contribution in [2.75, 3.05) is 0 Å². The van der Waals surface area contributed by atoms with Crippen molar-refractivity contribution < 1.29 is 4.79 Å². The molecule has 1 heterocycles. The molecule has 60 valence electrons. The fourth-order valence-electron chi connectivity index (χ4n) is 0.522. The van der Waals surface area contributed by atoms with Crippen LogP contribution in [0.5, 0.6) is 0 Å². The van der Waals surface area contributed by atoms with Crippen molar-refractivity contribution >= 4 is 24.1 Å². The van der Waals surface area contributed by atoms with E-state index in [1.54, 1.807) is 18.4 Å². The van der Waals surface area contributed by atoms with Crippen LogP contribution in [0.25, 0.3) is 0 Å². The summed E-state index contributed by atoms with van der Waals surface area (Å²) in [6.45, 7) is 0. The summed E-state index contributed by atoms with van der Waals surface area (Å²) in [6.07, 6.45) is 6.51. The first-order chi connectivity index (χ1) is 4.80. The number of hydrogen-bond donors (Lipinski definition) is 2. The Balaban J connectivity index is 0.000001000. The van der Waals surface area contributed by atoms with Crippen molar-refractivity contribution in [1.82, 2.24) is 5.32 Å². The van der Waals surface area contributed by atoms with E-state index in [0.29, 0.717) is 0 Å². The third-order valence-electron chi connectivity index (χ3n) is 0.950. The molecular weight excluding hydrogens is 166 g/mol. The highest BCUT2D eigenvalue weighted by Crippen LogP contribution is 1.84. The van der Waals surface area contributed by atoms with Gasteiger partial charge in [-0.1, -0.05) is 0 Å². The van der Waals surface area contributed by atoms with Gasteiger partial charge in [0, 0.05) is 12.4 Å². The van der Waals surface area contributed by atoms with Crippen LogP contribution in [0, 0.1) is 0 Å². The molecule has 0 unspecified atom stereocenters. The smallest absolute Gasteiger partial charge is 0.284 e. The molecule has 0 spiro atoms. The quantitative estimate of drug-likeness (QED) is 0.583. The molecule has 3 N–H and O–H groups in total. The fraction of sp³-hybridized carbons (Fsp3) is 0. The van der Waals surface area contributed by atoms with E-state index in [0.717, 1.165) is 0 Å². The lowest BCUT2D eigenvalue weighted by Crippen LogP contribution is -2.32. The molecule has 0 atom stereocenters. The highest BCUT2D eigenvalue weighted by atomic mass is 35.5. The minimum atomic E-state index is -0.559. The molecule has 0 aromatic rings. The molecule has 0 fully saturated rings. The molecule has 1 amide bonds. The third kappa shape index (κ3) is 2.86. The molecule has 0 radical (unpaired) electrons. The Kier molecular flexibility index (Phi) is 3.98. The van der Waals surface area contributed by atoms with Gasteiger partial charge in [-0.15, -0.1) is 12.4 Å². The third-order valence-corrected chi connectivity index (χ3v) is 0.950. The number of amides is 1. The number of nitrogens with two attached hydrogens (primary N) is 1. The molecule has 4 nitrogen and oxygen atoms in total. The maximum Gasteiger partial charge on any atom is 0.284 e. The normalized spacial score (nSPS) is 14.0. The van der Waals surface area contributed by atoms with E-state index in [1.807, 2.05) is 0 Å². The van der Waals surface area contributed by atoms with Crippen LogP contribution in [0.15, 0.2) is 29.5 Å². The SMILES string of the molecule is Cl.NC(=O)C1=NC=CC=CN1. The monoisotopic (exact) mass is 173 g/mol. The van der Waals surface area contributed by atoms with Crippen molar-refractivity contribution in [3.63, 3.8) is 0 Å². The lowest BCUT2D eigenvalue weighted by atomic mass is 10.5. The molecule has 1 rings (SSSR count). The number of nitrogens with zero attached hydrogens (tertiary/aromatic N) is 1. The molecule has 1 aliphatic heterocycles. The first-order valence-corrected chi connectivity index (χ1v) is 2.76. The van der Waals surface area contributed by atoms with Crippen molar-refractivity contribution in [2.24, 2.45) is 10.7 Å². The number of rotatable bonds is 1. The summed E-state index contributed by atoms with van der Waals surface area (Å²) in [7, 11) is 0. The Morgan fingerprint density at radius 2 is 2.27 bits per heavy atom. The number of nitrogens with one attached hydrogen (secondary N) is 1. The van der Waals surface area contributed by atoms with Gasteiger partial charge in [-0.05, 0) is 12.2 Å². The lowest BCUT2D eigenvalue weighted by molar-refractivity contribution is -0.112. The number of halogens is 1. The fourth-order valence-corrected chi connectivity index (χ4v) is 0.522. The van der Waals surface area contributed by atoms with E-state index in [9.17, 15) is 4.79 Å². The van der Waals surface area contributed by atoms with Crippen molar-refractivity contribution in [3.05, 3.63) is 24.6 Å². The van der Waals surface area contributed by atoms with Gasteiger partial charge >= 0.3 is 0 Å². The van der Waals surface area contributed by atoms with E-state index in [4.69, 9.17) is 5.73 Å². The molecule has 0 aromatic carbocycles. The van der Waals surface area contributed by atoms with Gasteiger partial charge in [-0.2, -0.15) is 0 Å². The topological polar surface area (TPSA) is 67.5 Å². The van der Waals surface area contributed by atoms with Gasteiger partial charge in [0.25, 0.3) is 5.91 Å². The Bertz CT molecular complexity index is 232. The van der Waals surface area contributed by atoms with Crippen LogP contribution in [-0.4, -0.2) is 11.7 Å². The van der Waals surface area contributed by atoms with Gasteiger partial charge in [-0.25, -0.2) is 4.99 Å². The minimum absolute atomic E-state index is 0. The summed E-state index contributed by atoms with van der Waals surface area (Å²) < 4.78 is 0. The van der Waals surface area contributed by atoms with E-state index < -0.39 is 5.91 Å². The summed E-state index contributed by atoms with van der Waals surface area (Å²) >= 11 is 0. The average Bonchev–Trinajstić information content (AvgIpc) is 2.12. The summed E-state index contributed by atoms with van der Waals surface area (Å²) in [5.41, 5.74) is 4.94. The Labute approximate surface area is 70.3 Å². The number of primary amides is 1. The second-order valence-corrected chi connectivity index (χ2v) is 1.69. The number of hydrogen-bond acceptors (Lipinski definition) is 3. The minimum Gasteiger partial charge on any atom is -0.363 e. The van der Waals surface area contributed by atoms with Gasteiger partial charge in [0.05, 0.1) is 0 Å². The molecule has 1 aliphatic rings. The summed E-state index contributed by atoms with van der Waals surface area (Å²) in [5, 5.41) is 2.61. The van der Waals surface area contributed by atoms with Crippen molar-refractivity contribution in [1.29, 1.82) is 0 Å². The van der Waals surface area contributed by atoms with E-state index in [2.05, 4.69) is 10.3 Å². The molecular formula is C6H8ClN3O. The number of amidine groups is 1. The lowest BCUT2D eigenvalue weighted by Gasteiger charge is -1.95. The number of aliphatic imine (C=N–C) groups is 1. The molecule has 0 bridgehead atoms. The van der Waals surface area contributed by atoms with Gasteiger partial charge in [0.1, 0.15) is 0 Å². The Morgan fingerprint density at radius 1 is 1.55 bits per heavy atom.